The molecule has 0 bridgehead atoms. The van der Waals surface area contributed by atoms with Crippen molar-refractivity contribution in [1.82, 2.24) is 0 Å². The Balaban J connectivity index is 4.18. The van der Waals surface area contributed by atoms with Gasteiger partial charge in [0.15, 0.2) is 6.10 Å². The zero-order chi connectivity index (χ0) is 36.1. The molecule has 2 unspecified atom stereocenters. The second-order valence-electron chi connectivity index (χ2n) is 13.5. The van der Waals surface area contributed by atoms with Gasteiger partial charge < -0.3 is 20.1 Å². The minimum Gasteiger partial charge on any atom is -0.462 e. The van der Waals surface area contributed by atoms with Crippen molar-refractivity contribution in [2.75, 3.05) is 26.4 Å². The van der Waals surface area contributed by atoms with Crippen molar-refractivity contribution >= 4 is 19.8 Å². The number of hydrogen-bond donors (Lipinski definition) is 2. The zero-order valence-corrected chi connectivity index (χ0v) is 32.6. The highest BCUT2D eigenvalue weighted by Crippen LogP contribution is 2.43. The highest BCUT2D eigenvalue weighted by Gasteiger charge is 2.26. The van der Waals surface area contributed by atoms with E-state index in [4.69, 9.17) is 24.3 Å². The fourth-order valence-corrected chi connectivity index (χ4v) is 6.39. The van der Waals surface area contributed by atoms with E-state index in [1.54, 1.807) is 0 Å². The smallest absolute Gasteiger partial charge is 0.462 e. The quantitative estimate of drug-likeness (QED) is 0.0277. The normalized spacial score (nSPS) is 13.5. The molecule has 0 saturated heterocycles. The van der Waals surface area contributed by atoms with E-state index < -0.39 is 26.5 Å². The van der Waals surface area contributed by atoms with Gasteiger partial charge in [0.25, 0.3) is 0 Å². The van der Waals surface area contributed by atoms with Gasteiger partial charge in [-0.1, -0.05) is 154 Å². The lowest BCUT2D eigenvalue weighted by molar-refractivity contribution is -0.161. The van der Waals surface area contributed by atoms with Gasteiger partial charge in [0.1, 0.15) is 6.61 Å². The fourth-order valence-electron chi connectivity index (χ4n) is 5.63. The number of carbonyl (C=O) groups is 2. The van der Waals surface area contributed by atoms with Gasteiger partial charge in [-0.2, -0.15) is 0 Å². The third-order valence-electron chi connectivity index (χ3n) is 8.65. The molecule has 49 heavy (non-hydrogen) atoms. The summed E-state index contributed by atoms with van der Waals surface area (Å²) in [6, 6.07) is 0. The van der Waals surface area contributed by atoms with E-state index in [0.717, 1.165) is 51.4 Å². The standard InChI is InChI=1S/C39H76NO8P/c1-3-5-7-9-11-13-15-17-18-20-21-23-25-27-29-31-38(41)45-35-37(36-47-49(43,44)46-34-33-40)48-39(42)32-30-28-26-24-22-19-16-14-12-10-8-6-4-2/h17-18,37H,3-16,19-36,40H2,1-2H3,(H,43,44). The maximum absolute atomic E-state index is 12.5. The van der Waals surface area contributed by atoms with E-state index in [9.17, 15) is 19.0 Å². The Morgan fingerprint density at radius 3 is 1.45 bits per heavy atom. The van der Waals surface area contributed by atoms with Gasteiger partial charge in [-0.25, -0.2) is 4.57 Å². The average molecular weight is 718 g/mol. The van der Waals surface area contributed by atoms with E-state index in [-0.39, 0.29) is 38.6 Å². The van der Waals surface area contributed by atoms with Crippen LogP contribution in [0.1, 0.15) is 194 Å². The maximum atomic E-state index is 12.5. The van der Waals surface area contributed by atoms with E-state index in [2.05, 4.69) is 26.0 Å². The topological polar surface area (TPSA) is 134 Å². The third-order valence-corrected chi connectivity index (χ3v) is 9.64. The van der Waals surface area contributed by atoms with Crippen LogP contribution in [-0.4, -0.2) is 49.3 Å². The molecule has 0 aromatic carbocycles. The fraction of sp³-hybridized carbons (Fsp3) is 0.897. The van der Waals surface area contributed by atoms with Crippen molar-refractivity contribution in [2.24, 2.45) is 5.73 Å². The van der Waals surface area contributed by atoms with E-state index in [0.29, 0.717) is 6.42 Å². The summed E-state index contributed by atoms with van der Waals surface area (Å²) >= 11 is 0. The number of carbonyl (C=O) groups excluding carboxylic acids is 2. The van der Waals surface area contributed by atoms with Gasteiger partial charge >= 0.3 is 19.8 Å². The van der Waals surface area contributed by atoms with Crippen molar-refractivity contribution < 1.29 is 37.6 Å². The molecule has 0 rings (SSSR count). The Bertz CT molecular complexity index is 825. The van der Waals surface area contributed by atoms with Gasteiger partial charge in [0.2, 0.25) is 0 Å². The van der Waals surface area contributed by atoms with E-state index in [1.165, 1.54) is 109 Å². The molecule has 0 fully saturated rings. The first-order valence-corrected chi connectivity index (χ1v) is 21.7. The first kappa shape index (κ1) is 47.8. The summed E-state index contributed by atoms with van der Waals surface area (Å²) in [6.07, 6.45) is 35.2. The Kier molecular flexibility index (Phi) is 35.6. The lowest BCUT2D eigenvalue weighted by atomic mass is 10.0. The number of unbranched alkanes of at least 4 members (excludes halogenated alkanes) is 23. The minimum absolute atomic E-state index is 0.0550. The summed E-state index contributed by atoms with van der Waals surface area (Å²) in [5.74, 6) is -0.831. The van der Waals surface area contributed by atoms with Crippen LogP contribution < -0.4 is 5.73 Å². The summed E-state index contributed by atoms with van der Waals surface area (Å²) in [6.45, 7) is 3.73. The molecule has 0 spiro atoms. The molecule has 0 aliphatic rings. The molecule has 290 valence electrons. The first-order chi connectivity index (χ1) is 23.8. The second kappa shape index (κ2) is 36.5. The Morgan fingerprint density at radius 1 is 0.592 bits per heavy atom. The number of allylic oxidation sites excluding steroid dienone is 2. The number of hydrogen-bond acceptors (Lipinski definition) is 8. The van der Waals surface area contributed by atoms with Crippen LogP contribution in [0, 0.1) is 0 Å². The van der Waals surface area contributed by atoms with Crippen LogP contribution in [0.25, 0.3) is 0 Å². The molecule has 0 aromatic rings. The summed E-state index contributed by atoms with van der Waals surface area (Å²) in [5, 5.41) is 0. The molecular weight excluding hydrogens is 641 g/mol. The first-order valence-electron chi connectivity index (χ1n) is 20.2. The summed E-state index contributed by atoms with van der Waals surface area (Å²) < 4.78 is 32.7. The number of nitrogens with two attached hydrogens (primary N) is 1. The zero-order valence-electron chi connectivity index (χ0n) is 31.7. The SMILES string of the molecule is CCCCCCCCC=CCCCCCCCC(=O)OCC(COP(=O)(O)OCCN)OC(=O)CCCCCCCCCCCCCCC. The summed E-state index contributed by atoms with van der Waals surface area (Å²) in [7, 11) is -4.37. The van der Waals surface area contributed by atoms with Crippen molar-refractivity contribution in [1.29, 1.82) is 0 Å². The molecule has 0 aliphatic heterocycles. The van der Waals surface area contributed by atoms with Gasteiger partial charge in [-0.3, -0.25) is 18.6 Å². The molecule has 0 aromatic heterocycles. The minimum atomic E-state index is -4.37. The van der Waals surface area contributed by atoms with Crippen molar-refractivity contribution in [3.63, 3.8) is 0 Å². The number of rotatable bonds is 38. The molecule has 0 saturated carbocycles. The van der Waals surface area contributed by atoms with Gasteiger partial charge in [0.05, 0.1) is 13.2 Å². The lowest BCUT2D eigenvalue weighted by Crippen LogP contribution is -2.29. The van der Waals surface area contributed by atoms with Crippen LogP contribution >= 0.6 is 7.82 Å². The van der Waals surface area contributed by atoms with Gasteiger partial charge in [0, 0.05) is 19.4 Å². The van der Waals surface area contributed by atoms with Crippen LogP contribution in [0.4, 0.5) is 0 Å². The van der Waals surface area contributed by atoms with Crippen molar-refractivity contribution in [3.8, 4) is 0 Å². The van der Waals surface area contributed by atoms with Crippen molar-refractivity contribution in [2.45, 2.75) is 200 Å². The maximum Gasteiger partial charge on any atom is 0.472 e. The molecular formula is C39H76NO8P. The Morgan fingerprint density at radius 2 is 1.00 bits per heavy atom. The highest BCUT2D eigenvalue weighted by atomic mass is 31.2. The molecule has 2 atom stereocenters. The molecule has 0 radical (unpaired) electrons. The number of esters is 2. The third kappa shape index (κ3) is 36.3. The average Bonchev–Trinajstić information content (AvgIpc) is 3.08. The molecule has 0 amide bonds. The molecule has 10 heteroatoms. The predicted octanol–water partition coefficient (Wildman–Crippen LogP) is 11.1. The second-order valence-corrected chi connectivity index (χ2v) is 15.0. The highest BCUT2D eigenvalue weighted by molar-refractivity contribution is 7.47. The summed E-state index contributed by atoms with van der Waals surface area (Å²) in [4.78, 5) is 34.7. The van der Waals surface area contributed by atoms with Crippen molar-refractivity contribution in [3.05, 3.63) is 12.2 Å². The van der Waals surface area contributed by atoms with Crippen LogP contribution in [0.5, 0.6) is 0 Å². The largest absolute Gasteiger partial charge is 0.472 e. The van der Waals surface area contributed by atoms with Crippen LogP contribution in [0.15, 0.2) is 12.2 Å². The Labute approximate surface area is 300 Å². The number of phosphoric ester groups is 1. The molecule has 3 N–H and O–H groups in total. The van der Waals surface area contributed by atoms with E-state index in [1.807, 2.05) is 0 Å². The molecule has 9 nitrogen and oxygen atoms in total. The summed E-state index contributed by atoms with van der Waals surface area (Å²) in [5.41, 5.74) is 5.33. The molecule has 0 heterocycles. The Hall–Kier alpha value is -1.25. The number of phosphoric acid groups is 1. The molecule has 0 aliphatic carbocycles. The van der Waals surface area contributed by atoms with E-state index >= 15 is 0 Å². The van der Waals surface area contributed by atoms with Gasteiger partial charge in [-0.05, 0) is 38.5 Å². The van der Waals surface area contributed by atoms with Crippen LogP contribution in [0.3, 0.4) is 0 Å². The van der Waals surface area contributed by atoms with Crippen LogP contribution in [-0.2, 0) is 32.7 Å². The lowest BCUT2D eigenvalue weighted by Gasteiger charge is -2.19. The van der Waals surface area contributed by atoms with Crippen LogP contribution in [0.2, 0.25) is 0 Å². The monoisotopic (exact) mass is 718 g/mol. The predicted molar refractivity (Wildman–Crippen MR) is 201 cm³/mol. The van der Waals surface area contributed by atoms with Gasteiger partial charge in [-0.15, -0.1) is 0 Å². The number of ether oxygens (including phenoxy) is 2.